The third-order valence-corrected chi connectivity index (χ3v) is 5.35. The first-order valence-corrected chi connectivity index (χ1v) is 7.99. The van der Waals surface area contributed by atoms with Gasteiger partial charge < -0.3 is 10.2 Å². The number of rotatable bonds is 3. The van der Waals surface area contributed by atoms with Gasteiger partial charge in [0.2, 0.25) is 0 Å². The highest BCUT2D eigenvalue weighted by Crippen LogP contribution is 2.34. The van der Waals surface area contributed by atoms with Crippen LogP contribution in [-0.4, -0.2) is 86.2 Å². The Morgan fingerprint density at radius 1 is 1.11 bits per heavy atom. The van der Waals surface area contributed by atoms with E-state index in [1.165, 1.54) is 52.1 Å². The van der Waals surface area contributed by atoms with Crippen molar-refractivity contribution >= 4 is 0 Å². The minimum absolute atomic E-state index is 0.690. The summed E-state index contributed by atoms with van der Waals surface area (Å²) in [5, 5.41) is 3.75. The number of nitrogens with zero attached hydrogens (tertiary/aromatic N) is 3. The lowest BCUT2D eigenvalue weighted by atomic mass is 10.0. The molecule has 3 fully saturated rings. The van der Waals surface area contributed by atoms with Crippen LogP contribution in [0.3, 0.4) is 0 Å². The highest BCUT2D eigenvalue weighted by atomic mass is 15.3. The standard InChI is InChI=1S/C15H30N4/c1-12-8-16-15(13-4-5-13)11-19(12)10-14-9-17(2)6-7-18(14)3/h12-16H,4-11H2,1-3H3. The number of hydrogen-bond donors (Lipinski definition) is 1. The molecule has 4 heteroatoms. The van der Waals surface area contributed by atoms with E-state index in [0.717, 1.165) is 12.0 Å². The molecule has 0 aromatic rings. The molecule has 3 atom stereocenters. The Hall–Kier alpha value is -0.160. The maximum Gasteiger partial charge on any atom is 0.0347 e. The summed E-state index contributed by atoms with van der Waals surface area (Å²) in [4.78, 5) is 7.77. The molecule has 0 radical (unpaired) electrons. The van der Waals surface area contributed by atoms with Gasteiger partial charge in [-0.2, -0.15) is 0 Å². The highest BCUT2D eigenvalue weighted by Gasteiger charge is 2.37. The van der Waals surface area contributed by atoms with Crippen LogP contribution in [-0.2, 0) is 0 Å². The van der Waals surface area contributed by atoms with E-state index in [1.807, 2.05) is 0 Å². The van der Waals surface area contributed by atoms with Crippen molar-refractivity contribution in [3.05, 3.63) is 0 Å². The summed E-state index contributed by atoms with van der Waals surface area (Å²) in [5.41, 5.74) is 0. The fraction of sp³-hybridized carbons (Fsp3) is 1.00. The Bertz CT molecular complexity index is 305. The summed E-state index contributed by atoms with van der Waals surface area (Å²) >= 11 is 0. The zero-order valence-corrected chi connectivity index (χ0v) is 12.8. The predicted octanol–water partition coefficient (Wildman–Crippen LogP) is 0.305. The van der Waals surface area contributed by atoms with Crippen LogP contribution in [0.4, 0.5) is 0 Å². The Labute approximate surface area is 118 Å². The van der Waals surface area contributed by atoms with E-state index >= 15 is 0 Å². The van der Waals surface area contributed by atoms with Crippen LogP contribution in [0.1, 0.15) is 19.8 Å². The molecule has 1 aliphatic carbocycles. The quantitative estimate of drug-likeness (QED) is 0.793. The lowest BCUT2D eigenvalue weighted by molar-refractivity contribution is 0.0513. The summed E-state index contributed by atoms with van der Waals surface area (Å²) in [6, 6.07) is 2.16. The minimum Gasteiger partial charge on any atom is -0.311 e. The summed E-state index contributed by atoms with van der Waals surface area (Å²) in [6.45, 7) is 9.71. The SMILES string of the molecule is CC1CNC(C2CC2)CN1CC1CN(C)CCN1C. The van der Waals surface area contributed by atoms with Crippen molar-refractivity contribution in [2.24, 2.45) is 5.92 Å². The van der Waals surface area contributed by atoms with Gasteiger partial charge in [0.1, 0.15) is 0 Å². The molecule has 0 spiro atoms. The molecule has 3 aliphatic rings. The zero-order chi connectivity index (χ0) is 13.4. The molecule has 4 nitrogen and oxygen atoms in total. The van der Waals surface area contributed by atoms with E-state index < -0.39 is 0 Å². The van der Waals surface area contributed by atoms with Crippen molar-refractivity contribution in [3.8, 4) is 0 Å². The number of nitrogens with one attached hydrogen (secondary N) is 1. The molecular weight excluding hydrogens is 236 g/mol. The second kappa shape index (κ2) is 5.68. The van der Waals surface area contributed by atoms with Gasteiger partial charge in [-0.25, -0.2) is 0 Å². The van der Waals surface area contributed by atoms with Gasteiger partial charge in [-0.15, -0.1) is 0 Å². The molecule has 2 aliphatic heterocycles. The van der Waals surface area contributed by atoms with Gasteiger partial charge >= 0.3 is 0 Å². The first kappa shape index (κ1) is 13.8. The van der Waals surface area contributed by atoms with E-state index in [-0.39, 0.29) is 0 Å². The van der Waals surface area contributed by atoms with Gasteiger partial charge in [0, 0.05) is 57.4 Å². The van der Waals surface area contributed by atoms with E-state index in [9.17, 15) is 0 Å². The maximum atomic E-state index is 3.75. The molecule has 0 aromatic heterocycles. The monoisotopic (exact) mass is 266 g/mol. The predicted molar refractivity (Wildman–Crippen MR) is 79.5 cm³/mol. The summed E-state index contributed by atoms with van der Waals surface area (Å²) < 4.78 is 0. The van der Waals surface area contributed by atoms with Crippen LogP contribution in [0.5, 0.6) is 0 Å². The van der Waals surface area contributed by atoms with Crippen molar-refractivity contribution in [2.75, 3.05) is 53.4 Å². The topological polar surface area (TPSA) is 21.8 Å². The maximum absolute atomic E-state index is 3.75. The molecule has 0 bridgehead atoms. The van der Waals surface area contributed by atoms with Crippen molar-refractivity contribution in [1.82, 2.24) is 20.0 Å². The summed E-state index contributed by atoms with van der Waals surface area (Å²) in [6.07, 6.45) is 2.90. The summed E-state index contributed by atoms with van der Waals surface area (Å²) in [7, 11) is 4.55. The molecule has 2 saturated heterocycles. The molecule has 1 N–H and O–H groups in total. The number of hydrogen-bond acceptors (Lipinski definition) is 4. The Morgan fingerprint density at radius 3 is 2.63 bits per heavy atom. The fourth-order valence-electron chi connectivity index (χ4n) is 3.59. The van der Waals surface area contributed by atoms with E-state index in [4.69, 9.17) is 0 Å². The van der Waals surface area contributed by atoms with Gasteiger partial charge in [-0.05, 0) is 39.8 Å². The van der Waals surface area contributed by atoms with E-state index in [1.54, 1.807) is 0 Å². The average molecular weight is 266 g/mol. The largest absolute Gasteiger partial charge is 0.311 e. The second-order valence-electron chi connectivity index (χ2n) is 7.05. The fourth-order valence-corrected chi connectivity index (χ4v) is 3.59. The Kier molecular flexibility index (Phi) is 4.13. The van der Waals surface area contributed by atoms with Gasteiger partial charge in [0.25, 0.3) is 0 Å². The molecule has 0 amide bonds. The molecule has 19 heavy (non-hydrogen) atoms. The third-order valence-electron chi connectivity index (χ3n) is 5.35. The van der Waals surface area contributed by atoms with Crippen LogP contribution in [0.25, 0.3) is 0 Å². The minimum atomic E-state index is 0.690. The first-order chi connectivity index (χ1) is 9.13. The second-order valence-corrected chi connectivity index (χ2v) is 7.05. The van der Waals surface area contributed by atoms with Gasteiger partial charge in [-0.3, -0.25) is 9.80 Å². The van der Waals surface area contributed by atoms with E-state index in [2.05, 4.69) is 41.0 Å². The van der Waals surface area contributed by atoms with Crippen molar-refractivity contribution in [3.63, 3.8) is 0 Å². The Balaban J connectivity index is 1.56. The lowest BCUT2D eigenvalue weighted by Gasteiger charge is -2.45. The zero-order valence-electron chi connectivity index (χ0n) is 12.8. The van der Waals surface area contributed by atoms with Crippen LogP contribution >= 0.6 is 0 Å². The summed E-state index contributed by atoms with van der Waals surface area (Å²) in [5.74, 6) is 0.974. The molecule has 0 aromatic carbocycles. The normalized spacial score (nSPS) is 39.6. The molecule has 110 valence electrons. The van der Waals surface area contributed by atoms with Crippen molar-refractivity contribution in [1.29, 1.82) is 0 Å². The number of likely N-dealkylation sites (N-methyl/N-ethyl adjacent to an activating group) is 2. The van der Waals surface area contributed by atoms with E-state index in [0.29, 0.717) is 12.1 Å². The molecule has 3 unspecified atom stereocenters. The Morgan fingerprint density at radius 2 is 1.89 bits per heavy atom. The van der Waals surface area contributed by atoms with Crippen molar-refractivity contribution < 1.29 is 0 Å². The lowest BCUT2D eigenvalue weighted by Crippen LogP contribution is -2.61. The van der Waals surface area contributed by atoms with Gasteiger partial charge in [-0.1, -0.05) is 0 Å². The molecule has 2 heterocycles. The van der Waals surface area contributed by atoms with Gasteiger partial charge in [0.05, 0.1) is 0 Å². The molecular formula is C15H30N4. The first-order valence-electron chi connectivity index (χ1n) is 7.99. The van der Waals surface area contributed by atoms with Crippen molar-refractivity contribution in [2.45, 2.75) is 37.9 Å². The average Bonchev–Trinajstić information content (AvgIpc) is 3.21. The number of piperazine rings is 2. The van der Waals surface area contributed by atoms with Gasteiger partial charge in [0.15, 0.2) is 0 Å². The van der Waals surface area contributed by atoms with Crippen LogP contribution < -0.4 is 5.32 Å². The molecule has 1 saturated carbocycles. The highest BCUT2D eigenvalue weighted by molar-refractivity contribution is 4.95. The smallest absolute Gasteiger partial charge is 0.0347 e. The molecule has 3 rings (SSSR count). The van der Waals surface area contributed by atoms with Crippen LogP contribution in [0.15, 0.2) is 0 Å². The third kappa shape index (κ3) is 3.30. The van der Waals surface area contributed by atoms with Crippen LogP contribution in [0, 0.1) is 5.92 Å². The van der Waals surface area contributed by atoms with Crippen LogP contribution in [0.2, 0.25) is 0 Å².